The minimum absolute atomic E-state index is 0.0528. The number of nitrogens with zero attached hydrogens (tertiary/aromatic N) is 1. The van der Waals surface area contributed by atoms with Crippen molar-refractivity contribution in [3.05, 3.63) is 65.0 Å². The van der Waals surface area contributed by atoms with E-state index in [0.29, 0.717) is 6.29 Å². The van der Waals surface area contributed by atoms with Crippen molar-refractivity contribution in [1.29, 1.82) is 0 Å². The van der Waals surface area contributed by atoms with Crippen molar-refractivity contribution in [2.75, 3.05) is 0 Å². The Bertz CT molecular complexity index is 681. The molecule has 0 bridgehead atoms. The summed E-state index contributed by atoms with van der Waals surface area (Å²) in [5.74, 6) is -0.446. The molecule has 0 fully saturated rings. The summed E-state index contributed by atoms with van der Waals surface area (Å²) in [4.78, 5) is 26.4. The van der Waals surface area contributed by atoms with Gasteiger partial charge in [0.2, 0.25) is 0 Å². The number of Topliss-reactive ketones (excluding diaryl/α,β-unsaturated/α-hetero) is 1. The lowest BCUT2D eigenvalue weighted by atomic mass is 10.0. The van der Waals surface area contributed by atoms with E-state index in [-0.39, 0.29) is 23.4 Å². The quantitative estimate of drug-likeness (QED) is 0.641. The second-order valence-electron chi connectivity index (χ2n) is 4.36. The number of pyridine rings is 1. The van der Waals surface area contributed by atoms with Crippen molar-refractivity contribution >= 4 is 12.1 Å². The Morgan fingerprint density at radius 3 is 2.52 bits per heavy atom. The summed E-state index contributed by atoms with van der Waals surface area (Å²) in [6, 6.07) is 8.92. The molecule has 0 unspecified atom stereocenters. The SMILES string of the molecule is O=Cc1cccc(C(=O)Cc2cccc(C(F)(F)F)c2)n1. The maximum atomic E-state index is 12.6. The second kappa shape index (κ2) is 5.87. The van der Waals surface area contributed by atoms with Crippen molar-refractivity contribution in [1.82, 2.24) is 4.98 Å². The van der Waals surface area contributed by atoms with E-state index in [9.17, 15) is 22.8 Å². The van der Waals surface area contributed by atoms with Crippen molar-refractivity contribution in [2.24, 2.45) is 0 Å². The van der Waals surface area contributed by atoms with Gasteiger partial charge in [0.05, 0.1) is 5.56 Å². The highest BCUT2D eigenvalue weighted by Crippen LogP contribution is 2.29. The zero-order valence-corrected chi connectivity index (χ0v) is 10.7. The first-order valence-electron chi connectivity index (χ1n) is 6.02. The Kier molecular flexibility index (Phi) is 4.16. The van der Waals surface area contributed by atoms with Crippen LogP contribution in [0.3, 0.4) is 0 Å². The van der Waals surface area contributed by atoms with Gasteiger partial charge in [0.15, 0.2) is 12.1 Å². The van der Waals surface area contributed by atoms with Crippen LogP contribution < -0.4 is 0 Å². The molecule has 21 heavy (non-hydrogen) atoms. The van der Waals surface area contributed by atoms with Crippen LogP contribution in [0, 0.1) is 0 Å². The lowest BCUT2D eigenvalue weighted by Gasteiger charge is -2.08. The van der Waals surface area contributed by atoms with Gasteiger partial charge in [-0.15, -0.1) is 0 Å². The first-order chi connectivity index (χ1) is 9.90. The average Bonchev–Trinajstić information content (AvgIpc) is 2.46. The van der Waals surface area contributed by atoms with Crippen molar-refractivity contribution in [3.63, 3.8) is 0 Å². The van der Waals surface area contributed by atoms with Gasteiger partial charge in [-0.2, -0.15) is 13.2 Å². The van der Waals surface area contributed by atoms with Crippen molar-refractivity contribution in [2.45, 2.75) is 12.6 Å². The number of alkyl halides is 3. The van der Waals surface area contributed by atoms with Gasteiger partial charge in [0.25, 0.3) is 0 Å². The summed E-state index contributed by atoms with van der Waals surface area (Å²) in [6.07, 6.45) is -4.16. The molecule has 1 aromatic heterocycles. The molecule has 0 aliphatic heterocycles. The van der Waals surface area contributed by atoms with Crippen LogP contribution in [0.2, 0.25) is 0 Å². The summed E-state index contributed by atoms with van der Waals surface area (Å²) < 4.78 is 37.8. The third kappa shape index (κ3) is 3.75. The molecule has 6 heteroatoms. The average molecular weight is 293 g/mol. The van der Waals surface area contributed by atoms with Crippen LogP contribution in [0.15, 0.2) is 42.5 Å². The Morgan fingerprint density at radius 1 is 1.14 bits per heavy atom. The Hall–Kier alpha value is -2.50. The largest absolute Gasteiger partial charge is 0.416 e. The fourth-order valence-corrected chi connectivity index (χ4v) is 1.81. The van der Waals surface area contributed by atoms with Crippen molar-refractivity contribution < 1.29 is 22.8 Å². The number of aldehydes is 1. The number of benzene rings is 1. The van der Waals surface area contributed by atoms with Gasteiger partial charge in [-0.25, -0.2) is 4.98 Å². The summed E-state index contributed by atoms with van der Waals surface area (Å²) in [5.41, 5.74) is -0.405. The minimum atomic E-state index is -4.45. The molecule has 2 aromatic rings. The molecule has 0 aliphatic rings. The molecule has 1 heterocycles. The molecule has 0 N–H and O–H groups in total. The van der Waals surface area contributed by atoms with Crippen LogP contribution in [-0.4, -0.2) is 17.1 Å². The second-order valence-corrected chi connectivity index (χ2v) is 4.36. The van der Waals surface area contributed by atoms with Crippen LogP contribution in [-0.2, 0) is 12.6 Å². The Labute approximate surface area is 118 Å². The number of aromatic nitrogens is 1. The highest BCUT2D eigenvalue weighted by atomic mass is 19.4. The topological polar surface area (TPSA) is 47.0 Å². The first-order valence-corrected chi connectivity index (χ1v) is 6.02. The van der Waals surface area contributed by atoms with Crippen molar-refractivity contribution in [3.8, 4) is 0 Å². The number of halogens is 3. The van der Waals surface area contributed by atoms with Crippen LogP contribution in [0.25, 0.3) is 0 Å². The lowest BCUT2D eigenvalue weighted by Crippen LogP contribution is -2.09. The maximum absolute atomic E-state index is 12.6. The van der Waals surface area contributed by atoms with E-state index in [4.69, 9.17) is 0 Å². The van der Waals surface area contributed by atoms with E-state index in [2.05, 4.69) is 4.98 Å². The van der Waals surface area contributed by atoms with Gasteiger partial charge < -0.3 is 0 Å². The summed E-state index contributed by atoms with van der Waals surface area (Å²) in [5, 5.41) is 0. The zero-order chi connectivity index (χ0) is 15.5. The standard InChI is InChI=1S/C15H10F3NO2/c16-15(17,18)11-4-1-3-10(7-11)8-14(21)13-6-2-5-12(9-20)19-13/h1-7,9H,8H2. The first kappa shape index (κ1) is 14.9. The molecule has 0 saturated carbocycles. The molecule has 0 radical (unpaired) electrons. The van der Waals surface area contributed by atoms with Gasteiger partial charge >= 0.3 is 6.18 Å². The molecule has 1 aromatic carbocycles. The zero-order valence-electron chi connectivity index (χ0n) is 10.7. The van der Waals surface area contributed by atoms with E-state index in [1.807, 2.05) is 0 Å². The molecule has 2 rings (SSSR count). The predicted octanol–water partition coefficient (Wildman–Crippen LogP) is 3.34. The van der Waals surface area contributed by atoms with Gasteiger partial charge in [0, 0.05) is 6.42 Å². The van der Waals surface area contributed by atoms with Gasteiger partial charge in [-0.1, -0.05) is 24.3 Å². The van der Waals surface area contributed by atoms with Crippen LogP contribution >= 0.6 is 0 Å². The molecular formula is C15H10F3NO2. The van der Waals surface area contributed by atoms with Gasteiger partial charge in [-0.3, -0.25) is 9.59 Å². The van der Waals surface area contributed by atoms with Gasteiger partial charge in [0.1, 0.15) is 11.4 Å². The van der Waals surface area contributed by atoms with Crippen LogP contribution in [0.1, 0.15) is 32.1 Å². The van der Waals surface area contributed by atoms with E-state index >= 15 is 0 Å². The van der Waals surface area contributed by atoms with E-state index in [0.717, 1.165) is 12.1 Å². The fraction of sp³-hybridized carbons (Fsp3) is 0.133. The number of rotatable bonds is 4. The third-order valence-corrected chi connectivity index (χ3v) is 2.80. The van der Waals surface area contributed by atoms with E-state index < -0.39 is 17.5 Å². The molecule has 0 aliphatic carbocycles. The number of ketones is 1. The Balaban J connectivity index is 2.21. The number of carbonyl (C=O) groups is 2. The minimum Gasteiger partial charge on any atom is -0.296 e. The smallest absolute Gasteiger partial charge is 0.296 e. The highest BCUT2D eigenvalue weighted by Gasteiger charge is 2.30. The Morgan fingerprint density at radius 2 is 1.86 bits per heavy atom. The monoisotopic (exact) mass is 293 g/mol. The predicted molar refractivity (Wildman–Crippen MR) is 69.1 cm³/mol. The number of carbonyl (C=O) groups excluding carboxylic acids is 2. The fourth-order valence-electron chi connectivity index (χ4n) is 1.81. The molecule has 0 saturated heterocycles. The number of hydrogen-bond acceptors (Lipinski definition) is 3. The maximum Gasteiger partial charge on any atom is 0.416 e. The molecule has 0 spiro atoms. The third-order valence-electron chi connectivity index (χ3n) is 2.80. The highest BCUT2D eigenvalue weighted by molar-refractivity contribution is 5.96. The number of hydrogen-bond donors (Lipinski definition) is 0. The molecule has 0 atom stereocenters. The van der Waals surface area contributed by atoms with E-state index in [1.165, 1.54) is 30.3 Å². The molecule has 3 nitrogen and oxygen atoms in total. The normalized spacial score (nSPS) is 11.2. The summed E-state index contributed by atoms with van der Waals surface area (Å²) in [6.45, 7) is 0. The van der Waals surface area contributed by atoms with E-state index in [1.54, 1.807) is 0 Å². The van der Waals surface area contributed by atoms with Crippen LogP contribution in [0.5, 0.6) is 0 Å². The molecule has 108 valence electrons. The molecular weight excluding hydrogens is 283 g/mol. The summed E-state index contributed by atoms with van der Waals surface area (Å²) >= 11 is 0. The van der Waals surface area contributed by atoms with Crippen LogP contribution in [0.4, 0.5) is 13.2 Å². The van der Waals surface area contributed by atoms with Gasteiger partial charge in [-0.05, 0) is 23.8 Å². The summed E-state index contributed by atoms with van der Waals surface area (Å²) in [7, 11) is 0. The lowest BCUT2D eigenvalue weighted by molar-refractivity contribution is -0.137. The molecule has 0 amide bonds.